The van der Waals surface area contributed by atoms with Crippen LogP contribution in [0.2, 0.25) is 5.15 Å². The number of carbonyl (C=O) groups is 1. The van der Waals surface area contributed by atoms with Crippen LogP contribution in [0.15, 0.2) is 18.5 Å². The van der Waals surface area contributed by atoms with Crippen LogP contribution in [0.4, 0.5) is 0 Å². The van der Waals surface area contributed by atoms with Gasteiger partial charge in [-0.1, -0.05) is 11.6 Å². The number of amides is 1. The second-order valence-electron chi connectivity index (χ2n) is 5.45. The van der Waals surface area contributed by atoms with E-state index in [0.29, 0.717) is 23.5 Å². The van der Waals surface area contributed by atoms with Gasteiger partial charge in [0.1, 0.15) is 24.0 Å². The molecule has 0 spiro atoms. The summed E-state index contributed by atoms with van der Waals surface area (Å²) >= 11 is 5.98. The predicted octanol–water partition coefficient (Wildman–Crippen LogP) is 1.30. The van der Waals surface area contributed by atoms with Gasteiger partial charge in [0.15, 0.2) is 5.52 Å². The van der Waals surface area contributed by atoms with Crippen LogP contribution in [-0.4, -0.2) is 58.2 Å². The van der Waals surface area contributed by atoms with Gasteiger partial charge in [-0.15, -0.1) is 0 Å². The van der Waals surface area contributed by atoms with E-state index in [0.717, 1.165) is 0 Å². The van der Waals surface area contributed by atoms with Crippen LogP contribution in [-0.2, 0) is 9.53 Å². The molecule has 8 heteroatoms. The molecule has 22 heavy (non-hydrogen) atoms. The fourth-order valence-electron chi connectivity index (χ4n) is 2.30. The Balaban J connectivity index is 1.81. The highest BCUT2D eigenvalue weighted by molar-refractivity contribution is 6.30. The summed E-state index contributed by atoms with van der Waals surface area (Å²) in [5, 5.41) is 0.282. The van der Waals surface area contributed by atoms with Gasteiger partial charge in [-0.05, 0) is 6.92 Å². The second kappa shape index (κ2) is 5.66. The van der Waals surface area contributed by atoms with Crippen LogP contribution in [0.3, 0.4) is 0 Å². The number of aromatic nitrogens is 3. The molecule has 0 aliphatic carbocycles. The lowest BCUT2D eigenvalue weighted by molar-refractivity contribution is -0.162. The summed E-state index contributed by atoms with van der Waals surface area (Å²) in [7, 11) is 1.74. The third kappa shape index (κ3) is 2.95. The normalized spacial score (nSPS) is 22.1. The molecule has 2 aromatic rings. The molecule has 0 unspecified atom stereocenters. The minimum atomic E-state index is -0.610. The van der Waals surface area contributed by atoms with Crippen molar-refractivity contribution in [1.29, 1.82) is 0 Å². The Labute approximate surface area is 132 Å². The van der Waals surface area contributed by atoms with E-state index in [1.54, 1.807) is 30.4 Å². The Morgan fingerprint density at radius 1 is 1.45 bits per heavy atom. The summed E-state index contributed by atoms with van der Waals surface area (Å²) in [6, 6.07) is 1.63. The summed E-state index contributed by atoms with van der Waals surface area (Å²) in [5.74, 6) is 0.259. The molecule has 0 bridgehead atoms. The Morgan fingerprint density at radius 2 is 2.23 bits per heavy atom. The van der Waals surface area contributed by atoms with E-state index in [9.17, 15) is 4.79 Å². The maximum absolute atomic E-state index is 11.5. The molecule has 116 valence electrons. The van der Waals surface area contributed by atoms with E-state index in [-0.39, 0.29) is 24.3 Å². The SMILES string of the molecule is CN1C[C@@](C)(COc2nc(Cl)cc3nccnc23)OCC1=O. The molecular formula is C14H15ClN4O3. The Hall–Kier alpha value is -1.99. The molecule has 3 rings (SSSR count). The molecule has 0 N–H and O–H groups in total. The van der Waals surface area contributed by atoms with Crippen molar-refractivity contribution in [2.75, 3.05) is 26.8 Å². The molecule has 1 amide bonds. The van der Waals surface area contributed by atoms with E-state index in [2.05, 4.69) is 15.0 Å². The fraction of sp³-hybridized carbons (Fsp3) is 0.429. The van der Waals surface area contributed by atoms with Crippen LogP contribution < -0.4 is 4.74 Å². The predicted molar refractivity (Wildman–Crippen MR) is 79.8 cm³/mol. The number of ether oxygens (including phenoxy) is 2. The standard InChI is InChI=1S/C14H15ClN4O3/c1-14(7-19(2)11(20)6-22-14)8-21-13-12-9(5-10(15)18-13)16-3-4-17-12/h3-5H,6-8H2,1-2H3/t14-/m0/s1. The van der Waals surface area contributed by atoms with Gasteiger partial charge in [-0.25, -0.2) is 4.98 Å². The first kappa shape index (κ1) is 14.9. The summed E-state index contributed by atoms with van der Waals surface area (Å²) < 4.78 is 11.4. The molecule has 1 saturated heterocycles. The maximum Gasteiger partial charge on any atom is 0.248 e. The zero-order valence-corrected chi connectivity index (χ0v) is 13.0. The quantitative estimate of drug-likeness (QED) is 0.793. The van der Waals surface area contributed by atoms with E-state index in [1.807, 2.05) is 6.92 Å². The molecule has 1 fully saturated rings. The minimum absolute atomic E-state index is 0.0416. The van der Waals surface area contributed by atoms with Crippen LogP contribution in [0.25, 0.3) is 11.0 Å². The number of rotatable bonds is 3. The van der Waals surface area contributed by atoms with Crippen molar-refractivity contribution < 1.29 is 14.3 Å². The molecule has 1 atom stereocenters. The third-order valence-electron chi connectivity index (χ3n) is 3.45. The average Bonchev–Trinajstić information content (AvgIpc) is 2.49. The van der Waals surface area contributed by atoms with Crippen LogP contribution in [0.5, 0.6) is 5.88 Å². The van der Waals surface area contributed by atoms with Gasteiger partial charge in [-0.2, -0.15) is 4.98 Å². The molecule has 0 saturated carbocycles. The number of carbonyl (C=O) groups excluding carboxylic acids is 1. The Bertz CT molecular complexity index is 726. The highest BCUT2D eigenvalue weighted by Crippen LogP contribution is 2.25. The van der Waals surface area contributed by atoms with E-state index >= 15 is 0 Å². The summed E-state index contributed by atoms with van der Waals surface area (Å²) in [4.78, 5) is 25.7. The van der Waals surface area contributed by atoms with Crippen LogP contribution in [0, 0.1) is 0 Å². The molecule has 2 aromatic heterocycles. The number of morpholine rings is 1. The molecule has 1 aliphatic rings. The van der Waals surface area contributed by atoms with Gasteiger partial charge in [0.2, 0.25) is 11.8 Å². The van der Waals surface area contributed by atoms with E-state index < -0.39 is 5.60 Å². The van der Waals surface area contributed by atoms with Gasteiger partial charge in [-0.3, -0.25) is 9.78 Å². The monoisotopic (exact) mass is 322 g/mol. The van der Waals surface area contributed by atoms with Crippen molar-refractivity contribution in [3.63, 3.8) is 0 Å². The van der Waals surface area contributed by atoms with Crippen molar-refractivity contribution in [3.05, 3.63) is 23.6 Å². The van der Waals surface area contributed by atoms with Crippen molar-refractivity contribution in [2.45, 2.75) is 12.5 Å². The number of likely N-dealkylation sites (N-methyl/N-ethyl adjacent to an activating group) is 1. The summed E-state index contributed by atoms with van der Waals surface area (Å²) in [5.41, 5.74) is 0.538. The first-order valence-corrected chi connectivity index (χ1v) is 7.13. The van der Waals surface area contributed by atoms with Gasteiger partial charge < -0.3 is 14.4 Å². The lowest BCUT2D eigenvalue weighted by Gasteiger charge is -2.37. The van der Waals surface area contributed by atoms with Crippen molar-refractivity contribution >= 4 is 28.5 Å². The molecule has 0 aromatic carbocycles. The van der Waals surface area contributed by atoms with Gasteiger partial charge in [0.05, 0.1) is 12.1 Å². The van der Waals surface area contributed by atoms with Crippen molar-refractivity contribution in [2.24, 2.45) is 0 Å². The number of halogens is 1. The summed E-state index contributed by atoms with van der Waals surface area (Å²) in [6.07, 6.45) is 3.14. The fourth-order valence-corrected chi connectivity index (χ4v) is 2.48. The lowest BCUT2D eigenvalue weighted by atomic mass is 10.1. The summed E-state index contributed by atoms with van der Waals surface area (Å²) in [6.45, 7) is 2.59. The zero-order valence-electron chi connectivity index (χ0n) is 12.2. The van der Waals surface area contributed by atoms with Crippen LogP contribution in [0.1, 0.15) is 6.92 Å². The largest absolute Gasteiger partial charge is 0.473 e. The number of pyridine rings is 1. The first-order chi connectivity index (χ1) is 10.5. The molecule has 7 nitrogen and oxygen atoms in total. The molecule has 0 radical (unpaired) electrons. The van der Waals surface area contributed by atoms with E-state index in [4.69, 9.17) is 21.1 Å². The third-order valence-corrected chi connectivity index (χ3v) is 3.64. The number of fused-ring (bicyclic) bond motifs is 1. The van der Waals surface area contributed by atoms with Crippen molar-refractivity contribution in [1.82, 2.24) is 19.9 Å². The topological polar surface area (TPSA) is 77.4 Å². The second-order valence-corrected chi connectivity index (χ2v) is 5.84. The Kier molecular flexibility index (Phi) is 3.84. The van der Waals surface area contributed by atoms with Gasteiger partial charge in [0, 0.05) is 25.5 Å². The smallest absolute Gasteiger partial charge is 0.248 e. The lowest BCUT2D eigenvalue weighted by Crippen LogP contribution is -2.54. The number of nitrogens with zero attached hydrogens (tertiary/aromatic N) is 4. The Morgan fingerprint density at radius 3 is 3.00 bits per heavy atom. The van der Waals surface area contributed by atoms with Crippen molar-refractivity contribution in [3.8, 4) is 5.88 Å². The van der Waals surface area contributed by atoms with Gasteiger partial charge >= 0.3 is 0 Å². The number of hydrogen-bond donors (Lipinski definition) is 0. The molecular weight excluding hydrogens is 308 g/mol. The van der Waals surface area contributed by atoms with Crippen LogP contribution >= 0.6 is 11.6 Å². The highest BCUT2D eigenvalue weighted by atomic mass is 35.5. The highest BCUT2D eigenvalue weighted by Gasteiger charge is 2.35. The molecule has 3 heterocycles. The first-order valence-electron chi connectivity index (χ1n) is 6.75. The molecule has 1 aliphatic heterocycles. The average molecular weight is 323 g/mol. The van der Waals surface area contributed by atoms with E-state index in [1.165, 1.54) is 0 Å². The zero-order chi connectivity index (χ0) is 15.7. The maximum atomic E-state index is 11.5. The number of hydrogen-bond acceptors (Lipinski definition) is 6. The van der Waals surface area contributed by atoms with Gasteiger partial charge in [0.25, 0.3) is 0 Å². The minimum Gasteiger partial charge on any atom is -0.473 e.